The minimum absolute atomic E-state index is 0.0993. The number of hydrogen-bond donors (Lipinski definition) is 1. The van der Waals surface area contributed by atoms with E-state index >= 15 is 0 Å². The average molecular weight is 453 g/mol. The molecule has 31 heavy (non-hydrogen) atoms. The molecule has 0 spiro atoms. The maximum Gasteiger partial charge on any atom is 0.344 e. The van der Waals surface area contributed by atoms with Gasteiger partial charge in [0.05, 0.1) is 24.5 Å². The van der Waals surface area contributed by atoms with Crippen molar-refractivity contribution in [2.24, 2.45) is 39.6 Å². The van der Waals surface area contributed by atoms with Crippen LogP contribution >= 0.6 is 0 Å². The number of fused-ring (bicyclic) bond motifs is 1. The Labute approximate surface area is 193 Å². The maximum absolute atomic E-state index is 10.2. The van der Waals surface area contributed by atoms with Crippen LogP contribution in [0, 0.1) is 29.6 Å². The Hall–Kier alpha value is -0.563. The van der Waals surface area contributed by atoms with Crippen LogP contribution in [0.4, 0.5) is 0 Å². The van der Waals surface area contributed by atoms with Gasteiger partial charge in [-0.05, 0) is 74.1 Å². The Morgan fingerprint density at radius 3 is 2.29 bits per heavy atom. The molecule has 0 aromatic heterocycles. The molecule has 8 atom stereocenters. The number of aliphatic hydroxyl groups is 1. The zero-order chi connectivity index (χ0) is 22.8. The topological polar surface area (TPSA) is 63.4 Å². The Bertz CT molecular complexity index is 557. The summed E-state index contributed by atoms with van der Waals surface area (Å²) in [5.74, 6) is 3.54. The second-order valence-electron chi connectivity index (χ2n) is 10.4. The van der Waals surface area contributed by atoms with Crippen LogP contribution in [0.3, 0.4) is 0 Å². The highest BCUT2D eigenvalue weighted by atomic mass is 28.3. The van der Waals surface area contributed by atoms with Crippen molar-refractivity contribution in [3.05, 3.63) is 0 Å². The van der Waals surface area contributed by atoms with E-state index in [1.165, 1.54) is 0 Å². The molecule has 2 fully saturated rings. The van der Waals surface area contributed by atoms with Gasteiger partial charge in [-0.25, -0.2) is 0 Å². The molecule has 4 unspecified atom stereocenters. The molecule has 0 radical (unpaired) electrons. The SMILES string of the molecule is CC(C)[C@@H](C)[C@@H](C)[C@@H](C)[C@@H](C)CN=CCCCC=NC[SiH]1OC2CCCCC(O)C2O1. The van der Waals surface area contributed by atoms with Crippen molar-refractivity contribution in [1.29, 1.82) is 0 Å². The first-order valence-electron chi connectivity index (χ1n) is 12.8. The van der Waals surface area contributed by atoms with Gasteiger partial charge in [-0.15, -0.1) is 0 Å². The van der Waals surface area contributed by atoms with Crippen LogP contribution in [0.15, 0.2) is 9.98 Å². The normalized spacial score (nSPS) is 31.1. The summed E-state index contributed by atoms with van der Waals surface area (Å²) in [6.07, 6.45) is 11.5. The van der Waals surface area contributed by atoms with Crippen LogP contribution in [0.5, 0.6) is 0 Å². The molecule has 6 heteroatoms. The Morgan fingerprint density at radius 1 is 0.903 bits per heavy atom. The average Bonchev–Trinajstić information content (AvgIpc) is 3.08. The molecule has 1 saturated heterocycles. The summed E-state index contributed by atoms with van der Waals surface area (Å²) in [6, 6.07) is 0. The molecule has 1 aliphatic heterocycles. The van der Waals surface area contributed by atoms with Crippen molar-refractivity contribution >= 4 is 21.7 Å². The highest BCUT2D eigenvalue weighted by Gasteiger charge is 2.41. The third-order valence-electron chi connectivity index (χ3n) is 7.80. The van der Waals surface area contributed by atoms with E-state index < -0.39 is 9.28 Å². The molecule has 0 aromatic rings. The lowest BCUT2D eigenvalue weighted by Gasteiger charge is -2.32. The number of hydrogen-bond acceptors (Lipinski definition) is 5. The molecule has 1 aliphatic carbocycles. The monoisotopic (exact) mass is 452 g/mol. The highest BCUT2D eigenvalue weighted by molar-refractivity contribution is 6.45. The summed E-state index contributed by atoms with van der Waals surface area (Å²) in [5.41, 5.74) is 0. The molecular weight excluding hydrogens is 404 g/mol. The fourth-order valence-corrected chi connectivity index (χ4v) is 6.69. The minimum Gasteiger partial charge on any atom is -0.390 e. The van der Waals surface area contributed by atoms with Crippen molar-refractivity contribution in [3.63, 3.8) is 0 Å². The van der Waals surface area contributed by atoms with E-state index in [0.717, 1.165) is 69.2 Å². The van der Waals surface area contributed by atoms with Crippen LogP contribution in [0.25, 0.3) is 0 Å². The van der Waals surface area contributed by atoms with Crippen molar-refractivity contribution in [2.45, 2.75) is 105 Å². The van der Waals surface area contributed by atoms with E-state index in [4.69, 9.17) is 8.85 Å². The van der Waals surface area contributed by atoms with Crippen LogP contribution < -0.4 is 0 Å². The van der Waals surface area contributed by atoms with Crippen LogP contribution in [-0.2, 0) is 8.85 Å². The number of aliphatic imine (C=N–C) groups is 2. The van der Waals surface area contributed by atoms with Gasteiger partial charge in [0.15, 0.2) is 0 Å². The molecule has 2 rings (SSSR count). The van der Waals surface area contributed by atoms with Crippen molar-refractivity contribution in [1.82, 2.24) is 0 Å². The lowest BCUT2D eigenvalue weighted by Crippen LogP contribution is -2.33. The molecule has 0 bridgehead atoms. The third-order valence-corrected chi connectivity index (χ3v) is 9.58. The summed E-state index contributed by atoms with van der Waals surface area (Å²) in [4.78, 5) is 9.23. The summed E-state index contributed by atoms with van der Waals surface area (Å²) >= 11 is 0. The van der Waals surface area contributed by atoms with E-state index in [1.54, 1.807) is 0 Å². The van der Waals surface area contributed by atoms with Crippen LogP contribution in [-0.4, -0.2) is 57.8 Å². The smallest absolute Gasteiger partial charge is 0.344 e. The second kappa shape index (κ2) is 13.9. The predicted molar refractivity (Wildman–Crippen MR) is 133 cm³/mol. The van der Waals surface area contributed by atoms with E-state index in [1.807, 2.05) is 6.21 Å². The van der Waals surface area contributed by atoms with E-state index in [2.05, 4.69) is 57.7 Å². The van der Waals surface area contributed by atoms with Crippen molar-refractivity contribution < 1.29 is 14.0 Å². The molecule has 0 amide bonds. The summed E-state index contributed by atoms with van der Waals surface area (Å²) < 4.78 is 12.1. The van der Waals surface area contributed by atoms with E-state index in [0.29, 0.717) is 18.0 Å². The zero-order valence-electron chi connectivity index (χ0n) is 20.9. The molecule has 1 N–H and O–H groups in total. The van der Waals surface area contributed by atoms with Crippen molar-refractivity contribution in [2.75, 3.05) is 12.7 Å². The van der Waals surface area contributed by atoms with E-state index in [9.17, 15) is 5.11 Å². The summed E-state index contributed by atoms with van der Waals surface area (Å²) in [7, 11) is -1.75. The Morgan fingerprint density at radius 2 is 1.58 bits per heavy atom. The molecule has 1 saturated carbocycles. The quantitative estimate of drug-likeness (QED) is 0.258. The number of aliphatic hydroxyl groups excluding tert-OH is 1. The van der Waals surface area contributed by atoms with E-state index in [-0.39, 0.29) is 18.3 Å². The first-order valence-corrected chi connectivity index (χ1v) is 14.5. The summed E-state index contributed by atoms with van der Waals surface area (Å²) in [5, 5.41) is 10.2. The van der Waals surface area contributed by atoms with Crippen molar-refractivity contribution in [3.8, 4) is 0 Å². The first kappa shape index (κ1) is 26.7. The Balaban J connectivity index is 1.56. The molecule has 5 nitrogen and oxygen atoms in total. The molecular formula is C25H48N2O3Si. The zero-order valence-corrected chi connectivity index (χ0v) is 22.0. The van der Waals surface area contributed by atoms with Crippen LogP contribution in [0.1, 0.15) is 86.5 Å². The lowest BCUT2D eigenvalue weighted by atomic mass is 9.74. The fraction of sp³-hybridized carbons (Fsp3) is 0.920. The van der Waals surface area contributed by atoms with Gasteiger partial charge in [0.25, 0.3) is 0 Å². The van der Waals surface area contributed by atoms with Gasteiger partial charge >= 0.3 is 9.28 Å². The molecule has 0 aromatic carbocycles. The lowest BCUT2D eigenvalue weighted by molar-refractivity contribution is 0.0210. The van der Waals surface area contributed by atoms with Gasteiger partial charge in [0.1, 0.15) is 0 Å². The van der Waals surface area contributed by atoms with Gasteiger partial charge in [0, 0.05) is 6.54 Å². The van der Waals surface area contributed by atoms with Gasteiger partial charge in [-0.3, -0.25) is 9.98 Å². The summed E-state index contributed by atoms with van der Waals surface area (Å²) in [6.45, 7) is 15.1. The first-order chi connectivity index (χ1) is 14.8. The number of rotatable bonds is 12. The van der Waals surface area contributed by atoms with Gasteiger partial charge in [0.2, 0.25) is 0 Å². The molecule has 1 heterocycles. The maximum atomic E-state index is 10.2. The highest BCUT2D eigenvalue weighted by Crippen LogP contribution is 2.31. The predicted octanol–water partition coefficient (Wildman–Crippen LogP) is 4.98. The number of unbranched alkanes of at least 4 members (excludes halogenated alkanes) is 2. The Kier molecular flexibility index (Phi) is 11.9. The van der Waals surface area contributed by atoms with Gasteiger partial charge in [-0.2, -0.15) is 0 Å². The second-order valence-corrected chi connectivity index (χ2v) is 12.2. The largest absolute Gasteiger partial charge is 0.390 e. The molecule has 2 aliphatic rings. The third kappa shape index (κ3) is 8.71. The molecule has 180 valence electrons. The fourth-order valence-electron chi connectivity index (χ4n) is 4.74. The minimum atomic E-state index is -1.75. The number of nitrogens with zero attached hydrogens (tertiary/aromatic N) is 2. The van der Waals surface area contributed by atoms with Crippen LogP contribution in [0.2, 0.25) is 0 Å². The van der Waals surface area contributed by atoms with Gasteiger partial charge < -0.3 is 14.0 Å². The van der Waals surface area contributed by atoms with Gasteiger partial charge in [-0.1, -0.05) is 54.4 Å². The standard InChI is InChI=1S/C25H48N2O3Si/c1-18(2)20(4)22(6)21(5)19(3)16-26-14-10-7-11-15-27-17-31-29-24-13-9-8-12-23(28)25(24)30-31/h14-15,18-25,28,31H,7-13,16-17H2,1-6H3/t19-,20+,21-,22+,23?,24?,25?,31?/m0/s1.